The Bertz CT molecular complexity index is 56.6. The van der Waals surface area contributed by atoms with Crippen molar-refractivity contribution in [1.82, 2.24) is 11.3 Å². The van der Waals surface area contributed by atoms with E-state index in [2.05, 4.69) is 12.3 Å². The fraction of sp³-hybridized carbons (Fsp3) is 1.00. The summed E-state index contributed by atoms with van der Waals surface area (Å²) in [7, 11) is 0. The van der Waals surface area contributed by atoms with E-state index >= 15 is 0 Å². The van der Waals surface area contributed by atoms with Crippen molar-refractivity contribution in [1.29, 1.82) is 0 Å². The summed E-state index contributed by atoms with van der Waals surface area (Å²) in [5.74, 6) is 6.70. The van der Waals surface area contributed by atoms with Gasteiger partial charge >= 0.3 is 0 Å². The Morgan fingerprint density at radius 2 is 1.45 bits per heavy atom. The van der Waals surface area contributed by atoms with Gasteiger partial charge in [-0.3, -0.25) is 0 Å². The zero-order valence-corrected chi connectivity index (χ0v) is 7.66. The van der Waals surface area contributed by atoms with Crippen LogP contribution in [0.1, 0.15) is 51.9 Å². The molecular formula is C9H21N2. The van der Waals surface area contributed by atoms with Crippen molar-refractivity contribution in [3.05, 3.63) is 0 Å². The smallest absolute Gasteiger partial charge is 0.0113 e. The summed E-state index contributed by atoms with van der Waals surface area (Å²) >= 11 is 0. The van der Waals surface area contributed by atoms with Crippen molar-refractivity contribution in [2.24, 2.45) is 0 Å². The maximum Gasteiger partial charge on any atom is 0.0113 e. The van der Waals surface area contributed by atoms with Gasteiger partial charge in [-0.15, -0.1) is 0 Å². The Morgan fingerprint density at radius 1 is 0.909 bits per heavy atom. The molecule has 1 radical (unpaired) electrons. The predicted octanol–water partition coefficient (Wildman–Crippen LogP) is 2.52. The second kappa shape index (κ2) is 9.92. The molecule has 0 fully saturated rings. The van der Waals surface area contributed by atoms with Gasteiger partial charge in [0.05, 0.1) is 0 Å². The normalized spacial score (nSPS) is 10.4. The van der Waals surface area contributed by atoms with Gasteiger partial charge in [0.25, 0.3) is 0 Å². The van der Waals surface area contributed by atoms with E-state index in [1.165, 1.54) is 38.5 Å². The second-order valence-electron chi connectivity index (χ2n) is 3.05. The SMILES string of the molecule is CCCCCCCCCN[NH]. The van der Waals surface area contributed by atoms with Gasteiger partial charge in [-0.1, -0.05) is 45.4 Å². The molecule has 0 spiro atoms. The molecule has 0 aliphatic carbocycles. The average molecular weight is 157 g/mol. The standard InChI is InChI=1S/C9H21N2/c1-2-3-4-5-6-7-8-9-11-10/h10-11H,2-9H2,1H3. The summed E-state index contributed by atoms with van der Waals surface area (Å²) in [6, 6.07) is 0. The van der Waals surface area contributed by atoms with Gasteiger partial charge in [0.1, 0.15) is 0 Å². The van der Waals surface area contributed by atoms with Crippen LogP contribution in [0, 0.1) is 0 Å². The maximum atomic E-state index is 6.70. The molecule has 0 heterocycles. The molecule has 0 saturated carbocycles. The van der Waals surface area contributed by atoms with Crippen molar-refractivity contribution in [3.63, 3.8) is 0 Å². The van der Waals surface area contributed by atoms with E-state index in [0.29, 0.717) is 0 Å². The Kier molecular flexibility index (Phi) is 9.85. The fourth-order valence-corrected chi connectivity index (χ4v) is 1.17. The Labute approximate surface area is 70.5 Å². The van der Waals surface area contributed by atoms with E-state index in [1.54, 1.807) is 0 Å². The lowest BCUT2D eigenvalue weighted by molar-refractivity contribution is 0.565. The van der Waals surface area contributed by atoms with Gasteiger partial charge in [-0.05, 0) is 6.42 Å². The first-order valence-corrected chi connectivity index (χ1v) is 4.81. The van der Waals surface area contributed by atoms with Gasteiger partial charge < -0.3 is 0 Å². The van der Waals surface area contributed by atoms with Crippen LogP contribution < -0.4 is 11.3 Å². The number of nitrogens with one attached hydrogen (secondary N) is 2. The first-order chi connectivity index (χ1) is 5.41. The van der Waals surface area contributed by atoms with Gasteiger partial charge in [-0.2, -0.15) is 5.84 Å². The van der Waals surface area contributed by atoms with Crippen molar-refractivity contribution < 1.29 is 0 Å². The van der Waals surface area contributed by atoms with Crippen LogP contribution in [0.4, 0.5) is 0 Å². The molecule has 0 aliphatic heterocycles. The van der Waals surface area contributed by atoms with Gasteiger partial charge in [0.15, 0.2) is 0 Å². The lowest BCUT2D eigenvalue weighted by Crippen LogP contribution is -2.10. The topological polar surface area (TPSA) is 35.8 Å². The molecule has 0 saturated heterocycles. The molecule has 0 aromatic carbocycles. The number of unbranched alkanes of at least 4 members (excludes halogenated alkanes) is 6. The first-order valence-electron chi connectivity index (χ1n) is 4.81. The van der Waals surface area contributed by atoms with Crippen molar-refractivity contribution in [2.45, 2.75) is 51.9 Å². The minimum absolute atomic E-state index is 0.855. The maximum absolute atomic E-state index is 6.70. The third-order valence-corrected chi connectivity index (χ3v) is 1.91. The van der Waals surface area contributed by atoms with Crippen LogP contribution in [0.25, 0.3) is 0 Å². The average Bonchev–Trinajstić information content (AvgIpc) is 2.03. The molecular weight excluding hydrogens is 136 g/mol. The number of hydrogen-bond donors (Lipinski definition) is 1. The van der Waals surface area contributed by atoms with Gasteiger partial charge in [0.2, 0.25) is 0 Å². The third kappa shape index (κ3) is 9.92. The highest BCUT2D eigenvalue weighted by atomic mass is 15.2. The van der Waals surface area contributed by atoms with Crippen LogP contribution in [0.3, 0.4) is 0 Å². The summed E-state index contributed by atoms with van der Waals surface area (Å²) in [4.78, 5) is 0. The largest absolute Gasteiger partial charge is 0.243 e. The van der Waals surface area contributed by atoms with Crippen LogP contribution in [0.2, 0.25) is 0 Å². The molecule has 0 rings (SSSR count). The summed E-state index contributed by atoms with van der Waals surface area (Å²) < 4.78 is 0. The molecule has 0 atom stereocenters. The molecule has 11 heavy (non-hydrogen) atoms. The fourth-order valence-electron chi connectivity index (χ4n) is 1.17. The molecule has 0 aromatic heterocycles. The molecule has 2 heteroatoms. The summed E-state index contributed by atoms with van der Waals surface area (Å²) in [6.07, 6.45) is 9.29. The molecule has 0 bridgehead atoms. The van der Waals surface area contributed by atoms with E-state index in [1.807, 2.05) is 0 Å². The first kappa shape index (κ1) is 10.9. The van der Waals surface area contributed by atoms with Gasteiger partial charge in [-0.25, -0.2) is 5.43 Å². The molecule has 0 amide bonds. The zero-order chi connectivity index (χ0) is 8.36. The lowest BCUT2D eigenvalue weighted by atomic mass is 10.1. The van der Waals surface area contributed by atoms with Crippen molar-refractivity contribution in [3.8, 4) is 0 Å². The summed E-state index contributed by atoms with van der Waals surface area (Å²) in [5.41, 5.74) is 2.42. The second-order valence-corrected chi connectivity index (χ2v) is 3.05. The monoisotopic (exact) mass is 157 g/mol. The van der Waals surface area contributed by atoms with Gasteiger partial charge in [0, 0.05) is 6.54 Å². The third-order valence-electron chi connectivity index (χ3n) is 1.91. The predicted molar refractivity (Wildman–Crippen MR) is 49.1 cm³/mol. The number of rotatable bonds is 8. The van der Waals surface area contributed by atoms with Crippen LogP contribution in [-0.2, 0) is 0 Å². The highest BCUT2D eigenvalue weighted by Crippen LogP contribution is 2.05. The Morgan fingerprint density at radius 3 is 2.00 bits per heavy atom. The van der Waals surface area contributed by atoms with E-state index in [-0.39, 0.29) is 0 Å². The Hall–Kier alpha value is -0.0800. The quantitative estimate of drug-likeness (QED) is 0.426. The van der Waals surface area contributed by atoms with Crippen LogP contribution >= 0.6 is 0 Å². The minimum atomic E-state index is 0.855. The molecule has 67 valence electrons. The van der Waals surface area contributed by atoms with Crippen molar-refractivity contribution in [2.75, 3.05) is 6.54 Å². The highest BCUT2D eigenvalue weighted by Gasteiger charge is 1.88. The molecule has 2 N–H and O–H groups in total. The lowest BCUT2D eigenvalue weighted by Gasteiger charge is -1.99. The summed E-state index contributed by atoms with van der Waals surface area (Å²) in [6.45, 7) is 3.10. The van der Waals surface area contributed by atoms with E-state index in [0.717, 1.165) is 13.0 Å². The van der Waals surface area contributed by atoms with Crippen LogP contribution in [0.15, 0.2) is 0 Å². The van der Waals surface area contributed by atoms with E-state index < -0.39 is 0 Å². The minimum Gasteiger partial charge on any atom is -0.243 e. The zero-order valence-electron chi connectivity index (χ0n) is 7.66. The van der Waals surface area contributed by atoms with E-state index in [9.17, 15) is 0 Å². The van der Waals surface area contributed by atoms with Crippen LogP contribution in [-0.4, -0.2) is 6.54 Å². The molecule has 0 aromatic rings. The summed E-state index contributed by atoms with van der Waals surface area (Å²) in [5, 5.41) is 0. The number of hydrogen-bond acceptors (Lipinski definition) is 1. The molecule has 0 aliphatic rings. The molecule has 2 nitrogen and oxygen atoms in total. The highest BCUT2D eigenvalue weighted by molar-refractivity contribution is 4.45. The van der Waals surface area contributed by atoms with Crippen LogP contribution in [0.5, 0.6) is 0 Å². The Balaban J connectivity index is 2.69. The van der Waals surface area contributed by atoms with E-state index in [4.69, 9.17) is 5.84 Å². The van der Waals surface area contributed by atoms with Crippen molar-refractivity contribution >= 4 is 0 Å². The molecule has 0 unspecified atom stereocenters.